The van der Waals surface area contributed by atoms with E-state index >= 15 is 0 Å². The number of rotatable bonds is 4. The fourth-order valence-electron chi connectivity index (χ4n) is 1.88. The zero-order valence-corrected chi connectivity index (χ0v) is 11.5. The molecule has 0 aliphatic heterocycles. The normalized spacial score (nSPS) is 10.6. The Labute approximate surface area is 113 Å². The Hall–Kier alpha value is -1.38. The molecule has 0 amide bonds. The summed E-state index contributed by atoms with van der Waals surface area (Å²) in [6, 6.07) is 8.20. The molecular formula is C15H17ClN2. The van der Waals surface area contributed by atoms with Crippen LogP contribution >= 0.6 is 11.6 Å². The molecule has 0 fully saturated rings. The molecule has 3 heteroatoms. The lowest BCUT2D eigenvalue weighted by atomic mass is 10.0. The molecule has 18 heavy (non-hydrogen) atoms. The summed E-state index contributed by atoms with van der Waals surface area (Å²) in [4.78, 5) is 4.17. The zero-order valence-electron chi connectivity index (χ0n) is 10.7. The van der Waals surface area contributed by atoms with Crippen LogP contribution in [0, 0.1) is 6.92 Å². The van der Waals surface area contributed by atoms with Crippen molar-refractivity contribution < 1.29 is 0 Å². The zero-order chi connectivity index (χ0) is 13.0. The first-order valence-corrected chi connectivity index (χ1v) is 6.50. The van der Waals surface area contributed by atoms with E-state index in [1.807, 2.05) is 18.3 Å². The molecule has 0 spiro atoms. The quantitative estimate of drug-likeness (QED) is 0.904. The van der Waals surface area contributed by atoms with Gasteiger partial charge in [-0.3, -0.25) is 4.98 Å². The third kappa shape index (κ3) is 2.89. The molecule has 0 bridgehead atoms. The van der Waals surface area contributed by atoms with Crippen LogP contribution in [0.2, 0.25) is 5.02 Å². The van der Waals surface area contributed by atoms with Gasteiger partial charge in [-0.25, -0.2) is 0 Å². The first-order valence-electron chi connectivity index (χ1n) is 6.12. The van der Waals surface area contributed by atoms with Crippen LogP contribution in [0.4, 0.5) is 0 Å². The van der Waals surface area contributed by atoms with E-state index in [-0.39, 0.29) is 0 Å². The Bertz CT molecular complexity index is 538. The molecule has 94 valence electrons. The van der Waals surface area contributed by atoms with Gasteiger partial charge in [0.05, 0.1) is 0 Å². The molecule has 0 aliphatic rings. The smallest absolute Gasteiger partial charge is 0.0457 e. The van der Waals surface area contributed by atoms with Crippen molar-refractivity contribution in [1.82, 2.24) is 10.3 Å². The van der Waals surface area contributed by atoms with E-state index in [4.69, 9.17) is 11.6 Å². The lowest BCUT2D eigenvalue weighted by molar-refractivity contribution is 0.727. The largest absolute Gasteiger partial charge is 0.313 e. The van der Waals surface area contributed by atoms with E-state index in [1.165, 1.54) is 5.56 Å². The number of aromatic nitrogens is 1. The van der Waals surface area contributed by atoms with Gasteiger partial charge in [0.15, 0.2) is 0 Å². The van der Waals surface area contributed by atoms with E-state index in [2.05, 4.69) is 36.3 Å². The van der Waals surface area contributed by atoms with Gasteiger partial charge in [0, 0.05) is 29.5 Å². The maximum Gasteiger partial charge on any atom is 0.0457 e. The Morgan fingerprint density at radius 1 is 1.28 bits per heavy atom. The number of benzene rings is 1. The highest BCUT2D eigenvalue weighted by molar-refractivity contribution is 6.31. The summed E-state index contributed by atoms with van der Waals surface area (Å²) in [7, 11) is 0. The van der Waals surface area contributed by atoms with Crippen LogP contribution in [0.1, 0.15) is 18.1 Å². The number of aryl methyl sites for hydroxylation is 1. The summed E-state index contributed by atoms with van der Waals surface area (Å²) in [6.07, 6.45) is 3.69. The maximum atomic E-state index is 6.31. The van der Waals surface area contributed by atoms with Crippen molar-refractivity contribution in [1.29, 1.82) is 0 Å². The van der Waals surface area contributed by atoms with E-state index < -0.39 is 0 Å². The molecule has 0 saturated carbocycles. The first-order chi connectivity index (χ1) is 8.72. The van der Waals surface area contributed by atoms with E-state index in [9.17, 15) is 0 Å². The number of hydrogen-bond donors (Lipinski definition) is 1. The number of hydrogen-bond acceptors (Lipinski definition) is 2. The number of halogens is 1. The SMILES string of the molecule is CCNCc1ccc(-c2cnccc2C)cc1Cl. The van der Waals surface area contributed by atoms with Crippen LogP contribution in [-0.4, -0.2) is 11.5 Å². The van der Waals surface area contributed by atoms with Gasteiger partial charge in [0.25, 0.3) is 0 Å². The van der Waals surface area contributed by atoms with Gasteiger partial charge in [0.2, 0.25) is 0 Å². The fourth-order valence-corrected chi connectivity index (χ4v) is 2.13. The van der Waals surface area contributed by atoms with Crippen molar-refractivity contribution in [2.75, 3.05) is 6.54 Å². The van der Waals surface area contributed by atoms with Crippen LogP contribution in [0.5, 0.6) is 0 Å². The number of nitrogens with zero attached hydrogens (tertiary/aromatic N) is 1. The molecule has 1 aromatic carbocycles. The minimum Gasteiger partial charge on any atom is -0.313 e. The second kappa shape index (κ2) is 5.98. The van der Waals surface area contributed by atoms with Gasteiger partial charge in [-0.2, -0.15) is 0 Å². The molecule has 0 unspecified atom stereocenters. The molecule has 0 saturated heterocycles. The standard InChI is InChI=1S/C15H17ClN2/c1-3-17-9-13-5-4-12(8-15(13)16)14-10-18-7-6-11(14)2/h4-8,10,17H,3,9H2,1-2H3. The van der Waals surface area contributed by atoms with Crippen molar-refractivity contribution in [3.63, 3.8) is 0 Å². The van der Waals surface area contributed by atoms with E-state index in [1.54, 1.807) is 6.20 Å². The summed E-state index contributed by atoms with van der Waals surface area (Å²) in [6.45, 7) is 5.92. The van der Waals surface area contributed by atoms with Crippen molar-refractivity contribution in [3.05, 3.63) is 52.8 Å². The second-order valence-corrected chi connectivity index (χ2v) is 4.68. The monoisotopic (exact) mass is 260 g/mol. The van der Waals surface area contributed by atoms with Crippen LogP contribution in [0.15, 0.2) is 36.7 Å². The van der Waals surface area contributed by atoms with Crippen molar-refractivity contribution in [3.8, 4) is 11.1 Å². The summed E-state index contributed by atoms with van der Waals surface area (Å²) in [5.74, 6) is 0. The fraction of sp³-hybridized carbons (Fsp3) is 0.267. The van der Waals surface area contributed by atoms with Crippen molar-refractivity contribution in [2.45, 2.75) is 20.4 Å². The number of pyridine rings is 1. The third-order valence-corrected chi connectivity index (χ3v) is 3.32. The lowest BCUT2D eigenvalue weighted by Gasteiger charge is -2.09. The van der Waals surface area contributed by atoms with E-state index in [0.29, 0.717) is 0 Å². The second-order valence-electron chi connectivity index (χ2n) is 4.28. The Morgan fingerprint density at radius 2 is 2.11 bits per heavy atom. The molecule has 2 rings (SSSR count). The Balaban J connectivity index is 2.32. The minimum absolute atomic E-state index is 0.803. The molecular weight excluding hydrogens is 244 g/mol. The van der Waals surface area contributed by atoms with Gasteiger partial charge in [-0.1, -0.05) is 30.7 Å². The Morgan fingerprint density at radius 3 is 2.78 bits per heavy atom. The summed E-state index contributed by atoms with van der Waals surface area (Å²) < 4.78 is 0. The molecule has 1 N–H and O–H groups in total. The average Bonchev–Trinajstić information content (AvgIpc) is 2.38. The average molecular weight is 261 g/mol. The van der Waals surface area contributed by atoms with Crippen LogP contribution in [0.25, 0.3) is 11.1 Å². The summed E-state index contributed by atoms with van der Waals surface area (Å²) in [5, 5.41) is 4.08. The van der Waals surface area contributed by atoms with Crippen molar-refractivity contribution in [2.24, 2.45) is 0 Å². The molecule has 0 atom stereocenters. The van der Waals surface area contributed by atoms with Gasteiger partial charge in [-0.15, -0.1) is 0 Å². The molecule has 1 aromatic heterocycles. The van der Waals surface area contributed by atoms with Crippen molar-refractivity contribution >= 4 is 11.6 Å². The minimum atomic E-state index is 0.803. The van der Waals surface area contributed by atoms with Crippen LogP contribution in [-0.2, 0) is 6.54 Å². The van der Waals surface area contributed by atoms with Crippen LogP contribution < -0.4 is 5.32 Å². The molecule has 2 aromatic rings. The topological polar surface area (TPSA) is 24.9 Å². The molecule has 0 aliphatic carbocycles. The molecule has 1 heterocycles. The van der Waals surface area contributed by atoms with Gasteiger partial charge >= 0.3 is 0 Å². The highest BCUT2D eigenvalue weighted by atomic mass is 35.5. The highest BCUT2D eigenvalue weighted by Gasteiger charge is 2.05. The molecule has 2 nitrogen and oxygen atoms in total. The van der Waals surface area contributed by atoms with Gasteiger partial charge in [-0.05, 0) is 42.3 Å². The first kappa shape index (κ1) is 13.1. The van der Waals surface area contributed by atoms with E-state index in [0.717, 1.165) is 34.8 Å². The number of nitrogens with one attached hydrogen (secondary N) is 1. The van der Waals surface area contributed by atoms with Gasteiger partial charge < -0.3 is 5.32 Å². The predicted octanol–water partition coefficient (Wildman–Crippen LogP) is 3.82. The maximum absolute atomic E-state index is 6.31. The van der Waals surface area contributed by atoms with Crippen LogP contribution in [0.3, 0.4) is 0 Å². The Kier molecular flexibility index (Phi) is 4.34. The summed E-state index contributed by atoms with van der Waals surface area (Å²) >= 11 is 6.31. The lowest BCUT2D eigenvalue weighted by Crippen LogP contribution is -2.11. The highest BCUT2D eigenvalue weighted by Crippen LogP contribution is 2.27. The molecule has 0 radical (unpaired) electrons. The third-order valence-electron chi connectivity index (χ3n) is 2.97. The summed E-state index contributed by atoms with van der Waals surface area (Å²) in [5.41, 5.74) is 4.59. The van der Waals surface area contributed by atoms with Gasteiger partial charge in [0.1, 0.15) is 0 Å². The predicted molar refractivity (Wildman–Crippen MR) is 76.8 cm³/mol.